The Labute approximate surface area is 86.5 Å². The molecule has 1 aliphatic rings. The van der Waals surface area contributed by atoms with Crippen LogP contribution in [-0.4, -0.2) is 53.1 Å². The number of halogens is 3. The zero-order valence-corrected chi connectivity index (χ0v) is 8.43. The van der Waals surface area contributed by atoms with Crippen LogP contribution in [0.25, 0.3) is 0 Å². The van der Waals surface area contributed by atoms with E-state index in [4.69, 9.17) is 5.11 Å². The van der Waals surface area contributed by atoms with Crippen molar-refractivity contribution in [1.29, 1.82) is 0 Å². The van der Waals surface area contributed by atoms with Gasteiger partial charge in [-0.2, -0.15) is 13.2 Å². The number of aliphatic hydroxyl groups excluding tert-OH is 1. The summed E-state index contributed by atoms with van der Waals surface area (Å²) in [7, 11) is 0. The van der Waals surface area contributed by atoms with E-state index in [0.29, 0.717) is 13.0 Å². The SMILES string of the molecule is OCCCN1CCC(O)(C(F)(F)F)CC1. The molecule has 0 amide bonds. The van der Waals surface area contributed by atoms with Crippen molar-refractivity contribution in [2.24, 2.45) is 0 Å². The maximum atomic E-state index is 12.4. The summed E-state index contributed by atoms with van der Waals surface area (Å²) in [4.78, 5) is 1.83. The predicted molar refractivity (Wildman–Crippen MR) is 48.4 cm³/mol. The smallest absolute Gasteiger partial charge is 0.396 e. The summed E-state index contributed by atoms with van der Waals surface area (Å²) in [5, 5.41) is 17.9. The fourth-order valence-electron chi connectivity index (χ4n) is 1.72. The minimum atomic E-state index is -4.53. The molecule has 0 unspecified atom stereocenters. The van der Waals surface area contributed by atoms with Gasteiger partial charge >= 0.3 is 6.18 Å². The van der Waals surface area contributed by atoms with E-state index >= 15 is 0 Å². The molecule has 0 bridgehead atoms. The number of likely N-dealkylation sites (tertiary alicyclic amines) is 1. The van der Waals surface area contributed by atoms with E-state index < -0.39 is 11.8 Å². The fourth-order valence-corrected chi connectivity index (χ4v) is 1.72. The lowest BCUT2D eigenvalue weighted by Gasteiger charge is -2.39. The first kappa shape index (κ1) is 12.7. The van der Waals surface area contributed by atoms with Gasteiger partial charge in [0, 0.05) is 26.2 Å². The van der Waals surface area contributed by atoms with Crippen LogP contribution in [0.5, 0.6) is 0 Å². The van der Waals surface area contributed by atoms with E-state index in [1.54, 1.807) is 0 Å². The maximum Gasteiger partial charge on any atom is 0.417 e. The highest BCUT2D eigenvalue weighted by molar-refractivity contribution is 4.91. The lowest BCUT2D eigenvalue weighted by molar-refractivity contribution is -0.272. The van der Waals surface area contributed by atoms with Gasteiger partial charge in [0.05, 0.1) is 0 Å². The average molecular weight is 227 g/mol. The van der Waals surface area contributed by atoms with Crippen LogP contribution in [-0.2, 0) is 0 Å². The quantitative estimate of drug-likeness (QED) is 0.748. The highest BCUT2D eigenvalue weighted by atomic mass is 19.4. The molecule has 0 aromatic rings. The maximum absolute atomic E-state index is 12.4. The Morgan fingerprint density at radius 3 is 2.13 bits per heavy atom. The third-order valence-corrected chi connectivity index (χ3v) is 2.84. The molecule has 0 aromatic heterocycles. The molecule has 1 fully saturated rings. The fraction of sp³-hybridized carbons (Fsp3) is 1.00. The summed E-state index contributed by atoms with van der Waals surface area (Å²) in [5.74, 6) is 0. The first-order valence-electron chi connectivity index (χ1n) is 5.01. The minimum Gasteiger partial charge on any atom is -0.396 e. The summed E-state index contributed by atoms with van der Waals surface area (Å²) in [6.07, 6.45) is -4.52. The summed E-state index contributed by atoms with van der Waals surface area (Å²) < 4.78 is 37.2. The van der Waals surface area contributed by atoms with Gasteiger partial charge in [0.15, 0.2) is 5.60 Å². The van der Waals surface area contributed by atoms with E-state index in [1.807, 2.05) is 4.90 Å². The Morgan fingerprint density at radius 1 is 1.20 bits per heavy atom. The average Bonchev–Trinajstić information content (AvgIpc) is 2.15. The van der Waals surface area contributed by atoms with Gasteiger partial charge in [0.1, 0.15) is 0 Å². The van der Waals surface area contributed by atoms with Gasteiger partial charge in [-0.05, 0) is 19.3 Å². The second-order valence-electron chi connectivity index (χ2n) is 3.95. The Morgan fingerprint density at radius 2 is 1.73 bits per heavy atom. The molecule has 1 aliphatic heterocycles. The second kappa shape index (κ2) is 4.67. The van der Waals surface area contributed by atoms with Crippen molar-refractivity contribution in [3.8, 4) is 0 Å². The van der Waals surface area contributed by atoms with Crippen molar-refractivity contribution in [1.82, 2.24) is 4.90 Å². The molecule has 0 atom stereocenters. The molecule has 1 saturated heterocycles. The molecule has 2 N–H and O–H groups in total. The van der Waals surface area contributed by atoms with Gasteiger partial charge in [-0.25, -0.2) is 0 Å². The number of hydrogen-bond donors (Lipinski definition) is 2. The van der Waals surface area contributed by atoms with Crippen LogP contribution in [0.4, 0.5) is 13.2 Å². The summed E-state index contributed by atoms with van der Waals surface area (Å²) in [5.41, 5.74) is -2.51. The zero-order chi connectivity index (χ0) is 11.5. The molecule has 0 spiro atoms. The van der Waals surface area contributed by atoms with Crippen LogP contribution < -0.4 is 0 Å². The third kappa shape index (κ3) is 3.06. The third-order valence-electron chi connectivity index (χ3n) is 2.84. The van der Waals surface area contributed by atoms with Gasteiger partial charge in [0.2, 0.25) is 0 Å². The van der Waals surface area contributed by atoms with Crippen molar-refractivity contribution >= 4 is 0 Å². The van der Waals surface area contributed by atoms with Crippen molar-refractivity contribution in [3.63, 3.8) is 0 Å². The Hall–Kier alpha value is -0.330. The largest absolute Gasteiger partial charge is 0.417 e. The molecule has 90 valence electrons. The van der Waals surface area contributed by atoms with Gasteiger partial charge in [-0.3, -0.25) is 0 Å². The molecule has 0 aromatic carbocycles. The topological polar surface area (TPSA) is 43.7 Å². The predicted octanol–water partition coefficient (Wildman–Crippen LogP) is 0.758. The van der Waals surface area contributed by atoms with Crippen LogP contribution in [0.2, 0.25) is 0 Å². The van der Waals surface area contributed by atoms with Crippen molar-refractivity contribution in [3.05, 3.63) is 0 Å². The van der Waals surface area contributed by atoms with Gasteiger partial charge < -0.3 is 15.1 Å². The number of piperidine rings is 1. The number of hydrogen-bond acceptors (Lipinski definition) is 3. The van der Waals surface area contributed by atoms with Crippen LogP contribution in [0.15, 0.2) is 0 Å². The Balaban J connectivity index is 2.41. The highest BCUT2D eigenvalue weighted by Crippen LogP contribution is 2.38. The van der Waals surface area contributed by atoms with Crippen LogP contribution in [0.3, 0.4) is 0 Å². The van der Waals surface area contributed by atoms with Crippen molar-refractivity contribution < 1.29 is 23.4 Å². The zero-order valence-electron chi connectivity index (χ0n) is 8.43. The van der Waals surface area contributed by atoms with E-state index in [9.17, 15) is 18.3 Å². The van der Waals surface area contributed by atoms with E-state index in [-0.39, 0.29) is 32.5 Å². The lowest BCUT2D eigenvalue weighted by atomic mass is 9.91. The standard InChI is InChI=1S/C9H16F3NO2/c10-9(11,12)8(15)2-5-13(6-3-8)4-1-7-14/h14-15H,1-7H2. The van der Waals surface area contributed by atoms with Crippen LogP contribution in [0.1, 0.15) is 19.3 Å². The van der Waals surface area contributed by atoms with E-state index in [2.05, 4.69) is 0 Å². The molecule has 3 nitrogen and oxygen atoms in total. The first-order chi connectivity index (χ1) is 6.89. The molecular formula is C9H16F3NO2. The van der Waals surface area contributed by atoms with Gasteiger partial charge in [-0.15, -0.1) is 0 Å². The molecule has 6 heteroatoms. The molecular weight excluding hydrogens is 211 g/mol. The van der Waals surface area contributed by atoms with Crippen molar-refractivity contribution in [2.45, 2.75) is 31.0 Å². The number of rotatable bonds is 3. The normalized spacial score (nSPS) is 23.0. The Kier molecular flexibility index (Phi) is 3.97. The van der Waals surface area contributed by atoms with Crippen LogP contribution >= 0.6 is 0 Å². The molecule has 1 heterocycles. The molecule has 15 heavy (non-hydrogen) atoms. The summed E-state index contributed by atoms with van der Waals surface area (Å²) >= 11 is 0. The summed E-state index contributed by atoms with van der Waals surface area (Å²) in [6, 6.07) is 0. The van der Waals surface area contributed by atoms with E-state index in [0.717, 1.165) is 0 Å². The molecule has 0 aliphatic carbocycles. The van der Waals surface area contributed by atoms with Gasteiger partial charge in [-0.1, -0.05) is 0 Å². The first-order valence-corrected chi connectivity index (χ1v) is 5.01. The second-order valence-corrected chi connectivity index (χ2v) is 3.95. The van der Waals surface area contributed by atoms with Gasteiger partial charge in [0.25, 0.3) is 0 Å². The monoisotopic (exact) mass is 227 g/mol. The van der Waals surface area contributed by atoms with E-state index in [1.165, 1.54) is 0 Å². The number of nitrogens with zero attached hydrogens (tertiary/aromatic N) is 1. The molecule has 1 rings (SSSR count). The van der Waals surface area contributed by atoms with Crippen molar-refractivity contribution in [2.75, 3.05) is 26.2 Å². The number of aliphatic hydroxyl groups is 2. The minimum absolute atomic E-state index is 0.0417. The Bertz CT molecular complexity index is 200. The molecule has 0 radical (unpaired) electrons. The number of alkyl halides is 3. The summed E-state index contributed by atoms with van der Waals surface area (Å²) in [6.45, 7) is 1.09. The molecule has 0 saturated carbocycles. The lowest BCUT2D eigenvalue weighted by Crippen LogP contribution is -2.53. The van der Waals surface area contributed by atoms with Crippen LogP contribution in [0, 0.1) is 0 Å². The highest BCUT2D eigenvalue weighted by Gasteiger charge is 2.54.